The monoisotopic (exact) mass is 566 g/mol. The molecule has 0 saturated heterocycles. The van der Waals surface area contributed by atoms with Gasteiger partial charge < -0.3 is 25.1 Å². The number of guanidine groups is 1. The maximum atomic E-state index is 11.3. The second kappa shape index (κ2) is 13.0. The molecule has 0 radical (unpaired) electrons. The van der Waals surface area contributed by atoms with Crippen molar-refractivity contribution in [3.05, 3.63) is 23.9 Å². The van der Waals surface area contributed by atoms with Gasteiger partial charge >= 0.3 is 0 Å². The number of aromatic nitrogens is 1. The van der Waals surface area contributed by atoms with Crippen molar-refractivity contribution >= 4 is 50.7 Å². The zero-order valence-corrected chi connectivity index (χ0v) is 22.1. The second-order valence-electron chi connectivity index (χ2n) is 7.41. The topological polar surface area (TPSA) is 105 Å². The molecule has 31 heavy (non-hydrogen) atoms. The Morgan fingerprint density at radius 1 is 1.23 bits per heavy atom. The van der Waals surface area contributed by atoms with Gasteiger partial charge in [0, 0.05) is 48.6 Å². The van der Waals surface area contributed by atoms with Gasteiger partial charge in [0.15, 0.2) is 5.96 Å². The van der Waals surface area contributed by atoms with Crippen LogP contribution in [0.5, 0.6) is 11.5 Å². The van der Waals surface area contributed by atoms with Gasteiger partial charge in [0.2, 0.25) is 0 Å². The van der Waals surface area contributed by atoms with E-state index in [2.05, 4.69) is 26.7 Å². The molecule has 0 fully saturated rings. The Kier molecular flexibility index (Phi) is 11.5. The van der Waals surface area contributed by atoms with E-state index >= 15 is 0 Å². The van der Waals surface area contributed by atoms with Crippen LogP contribution in [0.25, 0.3) is 10.9 Å². The quantitative estimate of drug-likeness (QED) is 0.167. The summed E-state index contributed by atoms with van der Waals surface area (Å²) in [6.45, 7) is 5.37. The first-order chi connectivity index (χ1) is 14.3. The number of hydrogen-bond acceptors (Lipinski definition) is 5. The molecule has 1 aromatic carbocycles. The molecule has 0 aliphatic heterocycles. The summed E-state index contributed by atoms with van der Waals surface area (Å²) in [5.74, 6) is 2.41. The normalized spacial score (nSPS) is 12.9. The van der Waals surface area contributed by atoms with Crippen LogP contribution < -0.4 is 20.1 Å². The Morgan fingerprint density at radius 2 is 1.97 bits per heavy atom. The number of hydrogen-bond donors (Lipinski definition) is 3. The predicted molar refractivity (Wildman–Crippen MR) is 138 cm³/mol. The van der Waals surface area contributed by atoms with Crippen LogP contribution in [-0.2, 0) is 16.3 Å². The molecule has 0 bridgehead atoms. The Bertz CT molecular complexity index is 960. The lowest BCUT2D eigenvalue weighted by atomic mass is 10.2. The van der Waals surface area contributed by atoms with Gasteiger partial charge in [-0.3, -0.25) is 4.99 Å². The van der Waals surface area contributed by atoms with Gasteiger partial charge in [-0.2, -0.15) is 0 Å². The summed E-state index contributed by atoms with van der Waals surface area (Å²) in [6, 6.07) is 5.97. The van der Waals surface area contributed by atoms with Gasteiger partial charge in [-0.05, 0) is 39.2 Å². The first-order valence-electron chi connectivity index (χ1n) is 10.2. The fourth-order valence-corrected chi connectivity index (χ4v) is 3.92. The molecule has 2 aromatic rings. The lowest BCUT2D eigenvalue weighted by Gasteiger charge is -2.17. The number of aromatic amines is 1. The van der Waals surface area contributed by atoms with Gasteiger partial charge in [-0.25, -0.2) is 8.42 Å². The molecule has 3 N–H and O–H groups in total. The molecule has 1 atom stereocenters. The van der Waals surface area contributed by atoms with E-state index in [0.29, 0.717) is 18.9 Å². The zero-order valence-electron chi connectivity index (χ0n) is 18.9. The number of fused-ring (bicyclic) bond motifs is 1. The number of rotatable bonds is 11. The Hall–Kier alpha value is -1.69. The molecule has 1 unspecified atom stereocenters. The summed E-state index contributed by atoms with van der Waals surface area (Å²) >= 11 is 0. The molecule has 1 heterocycles. The number of nitrogens with one attached hydrogen (secondary N) is 3. The second-order valence-corrected chi connectivity index (χ2v) is 9.67. The molecule has 0 aliphatic rings. The molecule has 0 spiro atoms. The molecule has 2 rings (SSSR count). The molecule has 10 heteroatoms. The molecule has 8 nitrogen and oxygen atoms in total. The highest BCUT2D eigenvalue weighted by Gasteiger charge is 2.10. The van der Waals surface area contributed by atoms with Crippen LogP contribution in [0.1, 0.15) is 32.4 Å². The number of H-pyrrole nitrogens is 1. The Labute approximate surface area is 202 Å². The molecule has 176 valence electrons. The number of benzene rings is 1. The van der Waals surface area contributed by atoms with Crippen LogP contribution in [0.2, 0.25) is 0 Å². The number of nitrogens with zero attached hydrogens (tertiary/aromatic N) is 1. The van der Waals surface area contributed by atoms with Gasteiger partial charge in [-0.15, -0.1) is 24.0 Å². The largest absolute Gasteiger partial charge is 0.497 e. The van der Waals surface area contributed by atoms with Crippen LogP contribution in [0, 0.1) is 0 Å². The number of methoxy groups -OCH3 is 2. The summed E-state index contributed by atoms with van der Waals surface area (Å²) in [5, 5.41) is 7.52. The number of ether oxygens (including phenoxy) is 2. The standard InChI is InChI=1S/C21H34N4O4S.HI/c1-6-22-21(24-15(2)9-11-30(5,26)27)23-10-7-8-16-12-18-19(25-16)13-17(28-3)14-20(18)29-4;/h12-15,25H,6-11H2,1-5H3,(H2,22,23,24);1H. The van der Waals surface area contributed by atoms with Crippen molar-refractivity contribution in [2.75, 3.05) is 39.3 Å². The summed E-state index contributed by atoms with van der Waals surface area (Å²) in [7, 11) is 0.334. The SMILES string of the molecule is CCNC(=NCCCc1cc2c(OC)cc(OC)cc2[nH]1)NC(C)CCS(C)(=O)=O.I. The van der Waals surface area contributed by atoms with Crippen LogP contribution in [0.3, 0.4) is 0 Å². The van der Waals surface area contributed by atoms with E-state index in [1.807, 2.05) is 26.0 Å². The van der Waals surface area contributed by atoms with E-state index in [4.69, 9.17) is 9.47 Å². The number of sulfone groups is 1. The minimum Gasteiger partial charge on any atom is -0.497 e. The van der Waals surface area contributed by atoms with Gasteiger partial charge in [-0.1, -0.05) is 0 Å². The molecule has 0 aliphatic carbocycles. The highest BCUT2D eigenvalue weighted by atomic mass is 127. The van der Waals surface area contributed by atoms with E-state index in [0.717, 1.165) is 47.5 Å². The van der Waals surface area contributed by atoms with Crippen molar-refractivity contribution in [3.63, 3.8) is 0 Å². The third kappa shape index (κ3) is 9.14. The first kappa shape index (κ1) is 27.3. The van der Waals surface area contributed by atoms with E-state index in [1.165, 1.54) is 6.26 Å². The van der Waals surface area contributed by atoms with Crippen molar-refractivity contribution in [2.45, 2.75) is 39.2 Å². The third-order valence-electron chi connectivity index (χ3n) is 4.71. The van der Waals surface area contributed by atoms with Crippen molar-refractivity contribution in [1.29, 1.82) is 0 Å². The smallest absolute Gasteiger partial charge is 0.191 e. The highest BCUT2D eigenvalue weighted by Crippen LogP contribution is 2.31. The lowest BCUT2D eigenvalue weighted by Crippen LogP contribution is -2.42. The van der Waals surface area contributed by atoms with Gasteiger partial charge in [0.25, 0.3) is 0 Å². The summed E-state index contributed by atoms with van der Waals surface area (Å²) in [6.07, 6.45) is 3.53. The summed E-state index contributed by atoms with van der Waals surface area (Å²) in [4.78, 5) is 8.04. The highest BCUT2D eigenvalue weighted by molar-refractivity contribution is 14.0. The fraction of sp³-hybridized carbons (Fsp3) is 0.571. The van der Waals surface area contributed by atoms with Crippen LogP contribution in [0.4, 0.5) is 0 Å². The fourth-order valence-electron chi connectivity index (χ4n) is 3.14. The molecule has 0 amide bonds. The van der Waals surface area contributed by atoms with Crippen LogP contribution in [-0.4, -0.2) is 64.7 Å². The van der Waals surface area contributed by atoms with E-state index in [1.54, 1.807) is 14.2 Å². The van der Waals surface area contributed by atoms with E-state index in [9.17, 15) is 8.42 Å². The van der Waals surface area contributed by atoms with Crippen molar-refractivity contribution in [3.8, 4) is 11.5 Å². The average Bonchev–Trinajstić information content (AvgIpc) is 3.11. The maximum Gasteiger partial charge on any atom is 0.191 e. The zero-order chi connectivity index (χ0) is 22.1. The third-order valence-corrected chi connectivity index (χ3v) is 5.69. The predicted octanol–water partition coefficient (Wildman–Crippen LogP) is 3.11. The van der Waals surface area contributed by atoms with Crippen LogP contribution >= 0.6 is 24.0 Å². The average molecular weight is 567 g/mol. The number of aryl methyl sites for hydroxylation is 1. The first-order valence-corrected chi connectivity index (χ1v) is 12.3. The molecular weight excluding hydrogens is 531 g/mol. The number of aliphatic imine (C=N–C) groups is 1. The van der Waals surface area contributed by atoms with E-state index < -0.39 is 9.84 Å². The summed E-state index contributed by atoms with van der Waals surface area (Å²) in [5.41, 5.74) is 2.10. The molecule has 1 aromatic heterocycles. The van der Waals surface area contributed by atoms with Gasteiger partial charge in [0.05, 0.1) is 25.5 Å². The minimum absolute atomic E-state index is 0. The van der Waals surface area contributed by atoms with Crippen LogP contribution in [0.15, 0.2) is 23.2 Å². The van der Waals surface area contributed by atoms with Crippen molar-refractivity contribution < 1.29 is 17.9 Å². The molecular formula is C21H35IN4O4S. The number of halogens is 1. The lowest BCUT2D eigenvalue weighted by molar-refractivity contribution is 0.398. The van der Waals surface area contributed by atoms with Crippen molar-refractivity contribution in [2.24, 2.45) is 4.99 Å². The summed E-state index contributed by atoms with van der Waals surface area (Å²) < 4.78 is 33.5. The Morgan fingerprint density at radius 3 is 2.58 bits per heavy atom. The van der Waals surface area contributed by atoms with Gasteiger partial charge in [0.1, 0.15) is 21.3 Å². The maximum absolute atomic E-state index is 11.3. The Balaban J connectivity index is 0.00000480. The van der Waals surface area contributed by atoms with E-state index in [-0.39, 0.29) is 35.8 Å². The van der Waals surface area contributed by atoms with Crippen molar-refractivity contribution in [1.82, 2.24) is 15.6 Å². The minimum atomic E-state index is -2.96. The molecule has 0 saturated carbocycles.